The van der Waals surface area contributed by atoms with E-state index in [0.29, 0.717) is 42.2 Å². The summed E-state index contributed by atoms with van der Waals surface area (Å²) in [5.74, 6) is -0.253. The summed E-state index contributed by atoms with van der Waals surface area (Å²) in [6.07, 6.45) is 0.760. The number of allylic oxidation sites excluding steroid dienone is 1. The van der Waals surface area contributed by atoms with Crippen molar-refractivity contribution < 1.29 is 19.1 Å². The van der Waals surface area contributed by atoms with E-state index < -0.39 is 12.0 Å². The average Bonchev–Trinajstić information content (AvgIpc) is 2.69. The van der Waals surface area contributed by atoms with Crippen LogP contribution in [-0.4, -0.2) is 42.6 Å². The Morgan fingerprint density at radius 3 is 2.63 bits per heavy atom. The van der Waals surface area contributed by atoms with E-state index >= 15 is 0 Å². The number of nitrogens with one attached hydrogen (secondary N) is 3. The van der Waals surface area contributed by atoms with Crippen LogP contribution in [0.2, 0.25) is 0 Å². The Balaban J connectivity index is 2.41. The fourth-order valence-corrected chi connectivity index (χ4v) is 3.24. The SMILES string of the molecule is CCCN1C(=O)NC(c2cccc(NC(=O)NCC)c2)C(C(=O)OCC(C)C)=C1C. The molecule has 0 saturated carbocycles. The van der Waals surface area contributed by atoms with Crippen LogP contribution in [0.1, 0.15) is 52.6 Å². The minimum absolute atomic E-state index is 0.197. The molecule has 30 heavy (non-hydrogen) atoms. The molecule has 3 N–H and O–H groups in total. The van der Waals surface area contributed by atoms with Crippen molar-refractivity contribution in [3.8, 4) is 0 Å². The summed E-state index contributed by atoms with van der Waals surface area (Å²) in [6.45, 7) is 10.8. The summed E-state index contributed by atoms with van der Waals surface area (Å²) >= 11 is 0. The fraction of sp³-hybridized carbons (Fsp3) is 0.500. The van der Waals surface area contributed by atoms with E-state index in [9.17, 15) is 14.4 Å². The van der Waals surface area contributed by atoms with Crippen LogP contribution in [0.25, 0.3) is 0 Å². The lowest BCUT2D eigenvalue weighted by atomic mass is 9.94. The summed E-state index contributed by atoms with van der Waals surface area (Å²) in [6, 6.07) is 5.83. The highest BCUT2D eigenvalue weighted by molar-refractivity contribution is 5.95. The van der Waals surface area contributed by atoms with Crippen molar-refractivity contribution in [1.29, 1.82) is 0 Å². The zero-order valence-electron chi connectivity index (χ0n) is 18.4. The molecule has 1 aromatic carbocycles. The van der Waals surface area contributed by atoms with E-state index in [4.69, 9.17) is 4.74 Å². The number of urea groups is 2. The van der Waals surface area contributed by atoms with Gasteiger partial charge in [-0.05, 0) is 43.9 Å². The topological polar surface area (TPSA) is 99.8 Å². The van der Waals surface area contributed by atoms with Gasteiger partial charge in [0, 0.05) is 24.5 Å². The third-order valence-electron chi connectivity index (χ3n) is 4.63. The molecule has 2 rings (SSSR count). The van der Waals surface area contributed by atoms with Crippen LogP contribution in [-0.2, 0) is 9.53 Å². The molecule has 0 fully saturated rings. The summed E-state index contributed by atoms with van der Waals surface area (Å²) in [5, 5.41) is 8.35. The molecule has 1 aliphatic heterocycles. The first kappa shape index (κ1) is 23.3. The largest absolute Gasteiger partial charge is 0.462 e. The second-order valence-electron chi connectivity index (χ2n) is 7.64. The first-order valence-electron chi connectivity index (χ1n) is 10.4. The third-order valence-corrected chi connectivity index (χ3v) is 4.63. The van der Waals surface area contributed by atoms with Crippen molar-refractivity contribution in [2.45, 2.75) is 47.1 Å². The molecule has 0 spiro atoms. The van der Waals surface area contributed by atoms with Gasteiger partial charge >= 0.3 is 18.0 Å². The molecule has 0 bridgehead atoms. The molecular formula is C22H32N4O4. The number of ether oxygens (including phenoxy) is 1. The van der Waals surface area contributed by atoms with Crippen molar-refractivity contribution in [3.05, 3.63) is 41.1 Å². The summed E-state index contributed by atoms with van der Waals surface area (Å²) in [5.41, 5.74) is 2.24. The summed E-state index contributed by atoms with van der Waals surface area (Å²) in [4.78, 5) is 39.1. The van der Waals surface area contributed by atoms with Gasteiger partial charge < -0.3 is 20.7 Å². The Morgan fingerprint density at radius 2 is 2.00 bits per heavy atom. The van der Waals surface area contributed by atoms with Crippen LogP contribution in [0.3, 0.4) is 0 Å². The molecular weight excluding hydrogens is 384 g/mol. The van der Waals surface area contributed by atoms with Crippen molar-refractivity contribution in [1.82, 2.24) is 15.5 Å². The lowest BCUT2D eigenvalue weighted by Gasteiger charge is -2.35. The molecule has 0 aromatic heterocycles. The fourth-order valence-electron chi connectivity index (χ4n) is 3.24. The highest BCUT2D eigenvalue weighted by Gasteiger charge is 2.36. The van der Waals surface area contributed by atoms with Gasteiger partial charge in [-0.1, -0.05) is 32.9 Å². The molecule has 0 saturated heterocycles. The van der Waals surface area contributed by atoms with Crippen molar-refractivity contribution in [3.63, 3.8) is 0 Å². The smallest absolute Gasteiger partial charge is 0.338 e. The third kappa shape index (κ3) is 5.75. The van der Waals surface area contributed by atoms with E-state index in [-0.39, 0.29) is 18.0 Å². The number of amides is 4. The summed E-state index contributed by atoms with van der Waals surface area (Å²) < 4.78 is 5.50. The minimum atomic E-state index is -0.666. The number of benzene rings is 1. The van der Waals surface area contributed by atoms with Crippen LogP contribution in [0.4, 0.5) is 15.3 Å². The maximum Gasteiger partial charge on any atom is 0.338 e. The Hall–Kier alpha value is -3.03. The number of nitrogens with zero attached hydrogens (tertiary/aromatic N) is 1. The quantitative estimate of drug-likeness (QED) is 0.562. The summed E-state index contributed by atoms with van der Waals surface area (Å²) in [7, 11) is 0. The normalized spacial score (nSPS) is 16.4. The Morgan fingerprint density at radius 1 is 1.27 bits per heavy atom. The average molecular weight is 417 g/mol. The molecule has 1 atom stereocenters. The van der Waals surface area contributed by atoms with Gasteiger partial charge in [0.25, 0.3) is 0 Å². The number of rotatable bonds is 8. The molecule has 4 amide bonds. The molecule has 1 heterocycles. The van der Waals surface area contributed by atoms with Crippen molar-refractivity contribution in [2.24, 2.45) is 5.92 Å². The molecule has 1 unspecified atom stereocenters. The van der Waals surface area contributed by atoms with Crippen LogP contribution >= 0.6 is 0 Å². The number of esters is 1. The molecule has 8 nitrogen and oxygen atoms in total. The number of hydrogen-bond donors (Lipinski definition) is 3. The highest BCUT2D eigenvalue weighted by Crippen LogP contribution is 2.32. The van der Waals surface area contributed by atoms with Gasteiger partial charge in [0.2, 0.25) is 0 Å². The monoisotopic (exact) mass is 416 g/mol. The lowest BCUT2D eigenvalue weighted by molar-refractivity contribution is -0.140. The molecule has 164 valence electrons. The Labute approximate surface area is 178 Å². The lowest BCUT2D eigenvalue weighted by Crippen LogP contribution is -2.48. The predicted molar refractivity (Wildman–Crippen MR) is 116 cm³/mol. The minimum Gasteiger partial charge on any atom is -0.462 e. The molecule has 1 aliphatic rings. The second-order valence-corrected chi connectivity index (χ2v) is 7.64. The first-order chi connectivity index (χ1) is 14.3. The molecule has 8 heteroatoms. The van der Waals surface area contributed by atoms with E-state index in [1.807, 2.05) is 33.8 Å². The van der Waals surface area contributed by atoms with Crippen molar-refractivity contribution >= 4 is 23.7 Å². The zero-order chi connectivity index (χ0) is 22.3. The maximum absolute atomic E-state index is 13.0. The first-order valence-corrected chi connectivity index (χ1v) is 10.4. The maximum atomic E-state index is 13.0. The van der Waals surface area contributed by atoms with Crippen LogP contribution in [0.15, 0.2) is 35.5 Å². The van der Waals surface area contributed by atoms with Crippen LogP contribution in [0.5, 0.6) is 0 Å². The zero-order valence-corrected chi connectivity index (χ0v) is 18.4. The van der Waals surface area contributed by atoms with Gasteiger partial charge in [-0.2, -0.15) is 0 Å². The number of hydrogen-bond acceptors (Lipinski definition) is 4. The standard InChI is InChI=1S/C22H32N4O4/c1-6-11-26-15(5)18(20(27)30-13-14(3)4)19(25-22(26)29)16-9-8-10-17(12-16)24-21(28)23-7-2/h8-10,12,14,19H,6-7,11,13H2,1-5H3,(H,25,29)(H2,23,24,28). The number of carbonyl (C=O) groups excluding carboxylic acids is 3. The highest BCUT2D eigenvalue weighted by atomic mass is 16.5. The van der Waals surface area contributed by atoms with E-state index in [1.165, 1.54) is 0 Å². The second kappa shape index (κ2) is 10.7. The van der Waals surface area contributed by atoms with Gasteiger partial charge in [-0.3, -0.25) is 4.90 Å². The van der Waals surface area contributed by atoms with Gasteiger partial charge in [0.1, 0.15) is 0 Å². The molecule has 0 radical (unpaired) electrons. The molecule has 1 aromatic rings. The van der Waals surface area contributed by atoms with E-state index in [2.05, 4.69) is 16.0 Å². The van der Waals surface area contributed by atoms with Crippen LogP contribution < -0.4 is 16.0 Å². The van der Waals surface area contributed by atoms with E-state index in [1.54, 1.807) is 30.0 Å². The number of carbonyl (C=O) groups is 3. The van der Waals surface area contributed by atoms with Gasteiger partial charge in [-0.15, -0.1) is 0 Å². The van der Waals surface area contributed by atoms with E-state index in [0.717, 1.165) is 6.42 Å². The number of anilines is 1. The van der Waals surface area contributed by atoms with Gasteiger partial charge in [-0.25, -0.2) is 14.4 Å². The predicted octanol–water partition coefficient (Wildman–Crippen LogP) is 3.78. The Kier molecular flexibility index (Phi) is 8.26. The molecule has 0 aliphatic carbocycles. The van der Waals surface area contributed by atoms with Gasteiger partial charge in [0.15, 0.2) is 0 Å². The Bertz CT molecular complexity index is 819. The van der Waals surface area contributed by atoms with Crippen molar-refractivity contribution in [2.75, 3.05) is 25.0 Å². The van der Waals surface area contributed by atoms with Crippen LogP contribution in [0, 0.1) is 5.92 Å². The van der Waals surface area contributed by atoms with Gasteiger partial charge in [0.05, 0.1) is 18.2 Å².